The number of nitrogen functional groups attached to an aromatic ring is 1. The van der Waals surface area contributed by atoms with Crippen LogP contribution in [0.25, 0.3) is 0 Å². The number of hydrogen-bond donors (Lipinski definition) is 2. The molecule has 2 aromatic heterocycles. The molecule has 2 bridgehead atoms. The van der Waals surface area contributed by atoms with Crippen LogP contribution in [0.4, 0.5) is 25.4 Å². The molecule has 3 aliphatic heterocycles. The molecule has 3 atom stereocenters. The lowest BCUT2D eigenvalue weighted by atomic mass is 9.74. The summed E-state index contributed by atoms with van der Waals surface area (Å²) in [6, 6.07) is 5.30. The van der Waals surface area contributed by atoms with E-state index in [1.54, 1.807) is 19.0 Å². The molecule has 0 aromatic carbocycles. The summed E-state index contributed by atoms with van der Waals surface area (Å²) in [6.45, 7) is 2.57. The van der Waals surface area contributed by atoms with E-state index in [0.717, 1.165) is 31.2 Å². The van der Waals surface area contributed by atoms with Crippen LogP contribution in [0.2, 0.25) is 0 Å². The molecule has 10 nitrogen and oxygen atoms in total. The fraction of sp³-hybridized carbons (Fsp3) is 0.643. The standard InChI is InChI=1S/C28H33F2N9OS/c1-37(2)14-27(11-28(27,29)30)15-40-25-35-23(38-9-16-3-4-17(10-38)34-16)19(8-32)24(36-25)39-12-26(13-39)6-5-20-21(26)18(7-31)22(33)41-20/h16-17,34H,3-6,9-15,33H2,1-2H3/t16-,17?,27?/m0/s1. The van der Waals surface area contributed by atoms with E-state index < -0.39 is 11.3 Å². The van der Waals surface area contributed by atoms with Gasteiger partial charge in [0, 0.05) is 61.5 Å². The number of piperazine rings is 1. The van der Waals surface area contributed by atoms with Crippen molar-refractivity contribution in [2.45, 2.75) is 55.5 Å². The molecule has 216 valence electrons. The molecule has 5 heterocycles. The van der Waals surface area contributed by atoms with Crippen molar-refractivity contribution in [2.75, 3.05) is 69.0 Å². The third-order valence-corrected chi connectivity index (χ3v) is 10.6. The number of ether oxygens (including phenoxy) is 1. The highest BCUT2D eigenvalue weighted by Gasteiger charge is 2.71. The SMILES string of the molecule is CN(C)CC1(COc2nc(N3CC4CC[C@@H](C3)N4)c(C#N)c(N3CC4(CCc5sc(N)c(C#N)c54)C3)n2)CC1(F)F. The van der Waals surface area contributed by atoms with Crippen LogP contribution in [0.15, 0.2) is 0 Å². The maximum atomic E-state index is 14.5. The van der Waals surface area contributed by atoms with E-state index in [2.05, 4.69) is 32.3 Å². The third-order valence-electron chi connectivity index (χ3n) is 9.55. The highest BCUT2D eigenvalue weighted by atomic mass is 32.1. The Bertz CT molecular complexity index is 1480. The second kappa shape index (κ2) is 9.12. The average Bonchev–Trinajstić information content (AvgIpc) is 3.24. The summed E-state index contributed by atoms with van der Waals surface area (Å²) in [4.78, 5) is 16.4. The first-order valence-electron chi connectivity index (χ1n) is 14.1. The van der Waals surface area contributed by atoms with Crippen molar-refractivity contribution in [3.05, 3.63) is 21.6 Å². The Morgan fingerprint density at radius 2 is 1.73 bits per heavy atom. The number of rotatable bonds is 7. The Balaban J connectivity index is 1.22. The van der Waals surface area contributed by atoms with E-state index in [4.69, 9.17) is 10.5 Å². The Morgan fingerprint density at radius 1 is 1.10 bits per heavy atom. The molecule has 41 heavy (non-hydrogen) atoms. The predicted molar refractivity (Wildman–Crippen MR) is 151 cm³/mol. The number of nitrogens with one attached hydrogen (secondary N) is 1. The van der Waals surface area contributed by atoms with Gasteiger partial charge in [-0.05, 0) is 45.3 Å². The van der Waals surface area contributed by atoms with Crippen molar-refractivity contribution < 1.29 is 13.5 Å². The van der Waals surface area contributed by atoms with Gasteiger partial charge in [-0.1, -0.05) is 0 Å². The molecule has 4 fully saturated rings. The highest BCUT2D eigenvalue weighted by molar-refractivity contribution is 7.16. The number of hydrogen-bond acceptors (Lipinski definition) is 11. The van der Waals surface area contributed by atoms with E-state index in [-0.39, 0.29) is 31.0 Å². The lowest BCUT2D eigenvalue weighted by Crippen LogP contribution is -2.59. The van der Waals surface area contributed by atoms with Crippen LogP contribution in [0, 0.1) is 28.1 Å². The Labute approximate surface area is 241 Å². The van der Waals surface area contributed by atoms with Gasteiger partial charge < -0.3 is 30.5 Å². The van der Waals surface area contributed by atoms with E-state index in [1.165, 1.54) is 16.2 Å². The number of halogens is 2. The summed E-state index contributed by atoms with van der Waals surface area (Å²) >= 11 is 1.49. The first kappa shape index (κ1) is 26.6. The van der Waals surface area contributed by atoms with E-state index in [0.29, 0.717) is 66.0 Å². The molecule has 3 N–H and O–H groups in total. The van der Waals surface area contributed by atoms with Crippen molar-refractivity contribution in [3.63, 3.8) is 0 Å². The van der Waals surface area contributed by atoms with Gasteiger partial charge in [0.15, 0.2) is 11.6 Å². The zero-order valence-corrected chi connectivity index (χ0v) is 24.0. The first-order chi connectivity index (χ1) is 19.6. The second-order valence-electron chi connectivity index (χ2n) is 12.8. The van der Waals surface area contributed by atoms with Gasteiger partial charge in [-0.25, -0.2) is 8.78 Å². The highest BCUT2D eigenvalue weighted by Crippen LogP contribution is 2.61. The largest absolute Gasteiger partial charge is 0.462 e. The lowest BCUT2D eigenvalue weighted by Gasteiger charge is -2.49. The number of thiophene rings is 1. The van der Waals surface area contributed by atoms with Gasteiger partial charge in [-0.3, -0.25) is 0 Å². The quantitative estimate of drug-likeness (QED) is 0.503. The summed E-state index contributed by atoms with van der Waals surface area (Å²) < 4.78 is 34.9. The number of fused-ring (bicyclic) bond motifs is 4. The molecule has 1 spiro atoms. The molecule has 7 rings (SSSR count). The Kier molecular flexibility index (Phi) is 5.92. The molecule has 5 aliphatic rings. The van der Waals surface area contributed by atoms with Gasteiger partial charge in [0.1, 0.15) is 29.3 Å². The molecule has 13 heteroatoms. The summed E-state index contributed by atoms with van der Waals surface area (Å²) in [5.74, 6) is -1.85. The lowest BCUT2D eigenvalue weighted by molar-refractivity contribution is 0.0288. The minimum atomic E-state index is -2.81. The summed E-state index contributed by atoms with van der Waals surface area (Å²) in [6.07, 6.45) is 3.67. The fourth-order valence-corrected chi connectivity index (χ4v) is 8.69. The number of nitriles is 2. The van der Waals surface area contributed by atoms with Crippen LogP contribution in [-0.2, 0) is 11.8 Å². The molecule has 2 unspecified atom stereocenters. The molecule has 3 saturated heterocycles. The minimum Gasteiger partial charge on any atom is -0.462 e. The molecule has 2 aromatic rings. The topological polar surface area (TPSA) is 130 Å². The van der Waals surface area contributed by atoms with Crippen LogP contribution < -0.4 is 25.6 Å². The van der Waals surface area contributed by atoms with Crippen LogP contribution >= 0.6 is 11.3 Å². The molecule has 0 radical (unpaired) electrons. The smallest absolute Gasteiger partial charge is 0.320 e. The summed E-state index contributed by atoms with van der Waals surface area (Å²) in [5, 5.41) is 24.3. The normalized spacial score (nSPS) is 28.4. The summed E-state index contributed by atoms with van der Waals surface area (Å²) in [7, 11) is 3.55. The van der Waals surface area contributed by atoms with Crippen LogP contribution in [0.1, 0.15) is 47.3 Å². The number of alkyl halides is 2. The Hall–Kier alpha value is -3.26. The fourth-order valence-electron chi connectivity index (χ4n) is 7.55. The zero-order valence-electron chi connectivity index (χ0n) is 23.2. The second-order valence-corrected chi connectivity index (χ2v) is 13.9. The van der Waals surface area contributed by atoms with Gasteiger partial charge in [-0.2, -0.15) is 20.5 Å². The number of nitrogens with two attached hydrogens (primary N) is 1. The zero-order chi connectivity index (χ0) is 28.7. The van der Waals surface area contributed by atoms with Gasteiger partial charge in [0.05, 0.1) is 11.0 Å². The third kappa shape index (κ3) is 4.12. The van der Waals surface area contributed by atoms with Crippen molar-refractivity contribution >= 4 is 28.0 Å². The first-order valence-corrected chi connectivity index (χ1v) is 14.9. The number of aryl methyl sites for hydroxylation is 1. The molecule has 0 amide bonds. The summed E-state index contributed by atoms with van der Waals surface area (Å²) in [5.41, 5.74) is 6.65. The molecular formula is C28H33F2N9OS. The molecule has 1 saturated carbocycles. The van der Waals surface area contributed by atoms with Gasteiger partial charge in [-0.15, -0.1) is 11.3 Å². The minimum absolute atomic E-state index is 0.0197. The van der Waals surface area contributed by atoms with Crippen molar-refractivity contribution in [3.8, 4) is 18.1 Å². The van der Waals surface area contributed by atoms with E-state index in [1.807, 2.05) is 4.90 Å². The number of nitrogens with zero attached hydrogens (tertiary/aromatic N) is 7. The van der Waals surface area contributed by atoms with E-state index in [9.17, 15) is 19.3 Å². The van der Waals surface area contributed by atoms with Crippen LogP contribution in [0.3, 0.4) is 0 Å². The Morgan fingerprint density at radius 3 is 2.32 bits per heavy atom. The van der Waals surface area contributed by atoms with Crippen molar-refractivity contribution in [1.82, 2.24) is 20.2 Å². The predicted octanol–water partition coefficient (Wildman–Crippen LogP) is 2.47. The van der Waals surface area contributed by atoms with Crippen molar-refractivity contribution in [2.24, 2.45) is 5.41 Å². The number of aromatic nitrogens is 2. The van der Waals surface area contributed by atoms with Crippen molar-refractivity contribution in [1.29, 1.82) is 10.5 Å². The van der Waals surface area contributed by atoms with Gasteiger partial charge in [0.2, 0.25) is 0 Å². The maximum Gasteiger partial charge on any atom is 0.320 e. The molecule has 2 aliphatic carbocycles. The molecular weight excluding hydrogens is 548 g/mol. The van der Waals surface area contributed by atoms with Crippen LogP contribution in [0.5, 0.6) is 6.01 Å². The van der Waals surface area contributed by atoms with E-state index >= 15 is 0 Å². The monoisotopic (exact) mass is 581 g/mol. The average molecular weight is 582 g/mol. The number of anilines is 3. The van der Waals surface area contributed by atoms with Gasteiger partial charge in [0.25, 0.3) is 5.92 Å². The maximum absolute atomic E-state index is 14.5. The van der Waals surface area contributed by atoms with Gasteiger partial charge >= 0.3 is 6.01 Å². The van der Waals surface area contributed by atoms with Crippen LogP contribution in [-0.4, -0.2) is 86.3 Å².